The van der Waals surface area contributed by atoms with Crippen LogP contribution in [-0.4, -0.2) is 39.0 Å². The molecule has 0 aliphatic carbocycles. The van der Waals surface area contributed by atoms with Crippen LogP contribution >= 0.6 is 12.4 Å². The minimum Gasteiger partial charge on any atom is -0.326 e. The molecule has 2 N–H and O–H groups in total. The number of halogens is 1. The van der Waals surface area contributed by atoms with Crippen molar-refractivity contribution < 1.29 is 0 Å². The van der Waals surface area contributed by atoms with E-state index in [1.165, 1.54) is 11.1 Å². The molecule has 1 fully saturated rings. The average Bonchev–Trinajstić information content (AvgIpc) is 3.11. The third kappa shape index (κ3) is 3.15. The summed E-state index contributed by atoms with van der Waals surface area (Å²) in [6, 6.07) is 17.2. The quantitative estimate of drug-likeness (QED) is 0.792. The predicted molar refractivity (Wildman–Crippen MR) is 98.2 cm³/mol. The Morgan fingerprint density at radius 2 is 1.92 bits per heavy atom. The van der Waals surface area contributed by atoms with Crippen molar-refractivity contribution in [3.05, 3.63) is 59.7 Å². The summed E-state index contributed by atoms with van der Waals surface area (Å²) >= 11 is 0. The Kier molecular flexibility index (Phi) is 4.85. The molecule has 24 heavy (non-hydrogen) atoms. The second-order valence-corrected chi connectivity index (χ2v) is 6.41. The summed E-state index contributed by atoms with van der Waals surface area (Å²) < 4.78 is 1.80. The molecule has 0 unspecified atom stereocenters. The van der Waals surface area contributed by atoms with Gasteiger partial charge in [0, 0.05) is 38.6 Å². The van der Waals surface area contributed by atoms with Crippen LogP contribution in [0.4, 0.5) is 0 Å². The fourth-order valence-corrected chi connectivity index (χ4v) is 3.54. The monoisotopic (exact) mass is 343 g/mol. The first-order valence-electron chi connectivity index (χ1n) is 8.02. The highest BCUT2D eigenvalue weighted by atomic mass is 35.5. The van der Waals surface area contributed by atoms with E-state index in [0.717, 1.165) is 30.7 Å². The van der Waals surface area contributed by atoms with Gasteiger partial charge < -0.3 is 5.73 Å². The third-order valence-corrected chi connectivity index (χ3v) is 4.75. The first-order chi connectivity index (χ1) is 11.2. The van der Waals surface area contributed by atoms with Crippen LogP contribution in [0.1, 0.15) is 17.0 Å². The fraction of sp³-hybridized carbons (Fsp3) is 0.333. The number of likely N-dealkylation sites (tertiary alicyclic amines) is 1. The standard InChI is InChI=1S/C18H21N5.ClH/c1-22-18-8-7-13(9-17(18)20-21-22)10-23-11-15(16(19)12-23)14-5-3-2-4-6-14;/h2-9,15-16H,10-12,19H2,1H3;1H/t15-,16+;/m0./s1. The molecule has 3 aromatic rings. The highest BCUT2D eigenvalue weighted by molar-refractivity contribution is 5.85. The Bertz CT molecular complexity index is 817. The van der Waals surface area contributed by atoms with Gasteiger partial charge in [-0.1, -0.05) is 41.6 Å². The highest BCUT2D eigenvalue weighted by Crippen LogP contribution is 2.27. The lowest BCUT2D eigenvalue weighted by atomic mass is 9.95. The molecule has 0 amide bonds. The summed E-state index contributed by atoms with van der Waals surface area (Å²) in [7, 11) is 1.92. The van der Waals surface area contributed by atoms with Gasteiger partial charge in [0.15, 0.2) is 0 Å². The maximum absolute atomic E-state index is 6.38. The van der Waals surface area contributed by atoms with Crippen molar-refractivity contribution in [2.45, 2.75) is 18.5 Å². The van der Waals surface area contributed by atoms with Crippen LogP contribution in [0.2, 0.25) is 0 Å². The molecule has 4 rings (SSSR count). The molecule has 1 aliphatic heterocycles. The van der Waals surface area contributed by atoms with Gasteiger partial charge in [0.1, 0.15) is 5.52 Å². The molecule has 2 heterocycles. The summed E-state index contributed by atoms with van der Waals surface area (Å²) in [4.78, 5) is 2.43. The smallest absolute Gasteiger partial charge is 0.113 e. The molecule has 1 aromatic heterocycles. The van der Waals surface area contributed by atoms with Gasteiger partial charge in [-0.05, 0) is 23.3 Å². The molecule has 2 aromatic carbocycles. The number of rotatable bonds is 3. The second kappa shape index (κ2) is 6.89. The summed E-state index contributed by atoms with van der Waals surface area (Å²) in [5.74, 6) is 0.413. The molecule has 5 nitrogen and oxygen atoms in total. The Morgan fingerprint density at radius 1 is 1.12 bits per heavy atom. The number of aromatic nitrogens is 3. The number of hydrogen-bond acceptors (Lipinski definition) is 4. The summed E-state index contributed by atoms with van der Waals surface area (Å²) in [6.45, 7) is 2.84. The number of fused-ring (bicyclic) bond motifs is 1. The molecule has 1 aliphatic rings. The van der Waals surface area contributed by atoms with Gasteiger partial charge in [-0.3, -0.25) is 4.90 Å². The van der Waals surface area contributed by atoms with E-state index < -0.39 is 0 Å². The molecule has 126 valence electrons. The summed E-state index contributed by atoms with van der Waals surface area (Å²) in [5, 5.41) is 8.27. The van der Waals surface area contributed by atoms with Crippen LogP contribution in [-0.2, 0) is 13.6 Å². The van der Waals surface area contributed by atoms with Crippen molar-refractivity contribution in [3.8, 4) is 0 Å². The van der Waals surface area contributed by atoms with Gasteiger partial charge in [0.05, 0.1) is 5.52 Å². The number of nitrogens with two attached hydrogens (primary N) is 1. The van der Waals surface area contributed by atoms with Crippen molar-refractivity contribution in [1.82, 2.24) is 19.9 Å². The minimum absolute atomic E-state index is 0. The zero-order valence-corrected chi connectivity index (χ0v) is 14.5. The SMILES string of the molecule is Cl.Cn1nnc2cc(CN3C[C@@H](N)[C@H](c4ccccc4)C3)ccc21. The molecule has 6 heteroatoms. The zero-order chi connectivity index (χ0) is 15.8. The summed E-state index contributed by atoms with van der Waals surface area (Å²) in [6.07, 6.45) is 0. The fourth-order valence-electron chi connectivity index (χ4n) is 3.54. The Balaban J connectivity index is 0.00000169. The van der Waals surface area contributed by atoms with Crippen molar-refractivity contribution in [2.24, 2.45) is 12.8 Å². The first kappa shape index (κ1) is 16.9. The number of hydrogen-bond donors (Lipinski definition) is 1. The Labute approximate surface area is 147 Å². The normalized spacial score (nSPS) is 21.1. The number of aryl methyl sites for hydroxylation is 1. The van der Waals surface area contributed by atoms with Crippen molar-refractivity contribution in [2.75, 3.05) is 13.1 Å². The lowest BCUT2D eigenvalue weighted by Gasteiger charge is -2.16. The van der Waals surface area contributed by atoms with Gasteiger partial charge in [-0.2, -0.15) is 0 Å². The van der Waals surface area contributed by atoms with Crippen LogP contribution in [0, 0.1) is 0 Å². The first-order valence-corrected chi connectivity index (χ1v) is 8.02. The van der Waals surface area contributed by atoms with Crippen LogP contribution < -0.4 is 5.73 Å². The molecule has 0 saturated carbocycles. The van der Waals surface area contributed by atoms with Gasteiger partial charge in [-0.15, -0.1) is 17.5 Å². The molecular formula is C18H22ClN5. The van der Waals surface area contributed by atoms with Crippen LogP contribution in [0.25, 0.3) is 11.0 Å². The number of benzene rings is 2. The van der Waals surface area contributed by atoms with E-state index in [0.29, 0.717) is 5.92 Å². The highest BCUT2D eigenvalue weighted by Gasteiger charge is 2.31. The van der Waals surface area contributed by atoms with Gasteiger partial charge in [0.2, 0.25) is 0 Å². The largest absolute Gasteiger partial charge is 0.326 e. The van der Waals surface area contributed by atoms with Crippen molar-refractivity contribution >= 4 is 23.4 Å². The zero-order valence-electron chi connectivity index (χ0n) is 13.7. The minimum atomic E-state index is 0. The van der Waals surface area contributed by atoms with Crippen LogP contribution in [0.3, 0.4) is 0 Å². The van der Waals surface area contributed by atoms with E-state index in [2.05, 4.69) is 63.7 Å². The van der Waals surface area contributed by atoms with Gasteiger partial charge >= 0.3 is 0 Å². The molecule has 0 spiro atoms. The second-order valence-electron chi connectivity index (χ2n) is 6.41. The Morgan fingerprint density at radius 3 is 2.71 bits per heavy atom. The van der Waals surface area contributed by atoms with Crippen LogP contribution in [0.5, 0.6) is 0 Å². The maximum Gasteiger partial charge on any atom is 0.113 e. The van der Waals surface area contributed by atoms with E-state index in [-0.39, 0.29) is 18.4 Å². The van der Waals surface area contributed by atoms with Crippen molar-refractivity contribution in [3.63, 3.8) is 0 Å². The summed E-state index contributed by atoms with van der Waals surface area (Å²) in [5.41, 5.74) is 11.0. The molecule has 0 bridgehead atoms. The van der Waals surface area contributed by atoms with Gasteiger partial charge in [-0.25, -0.2) is 4.68 Å². The maximum atomic E-state index is 6.38. The molecule has 1 saturated heterocycles. The van der Waals surface area contributed by atoms with Gasteiger partial charge in [0.25, 0.3) is 0 Å². The predicted octanol–water partition coefficient (Wildman–Crippen LogP) is 2.32. The topological polar surface area (TPSA) is 60.0 Å². The third-order valence-electron chi connectivity index (χ3n) is 4.75. The van der Waals surface area contributed by atoms with E-state index in [4.69, 9.17) is 5.73 Å². The number of nitrogens with zero attached hydrogens (tertiary/aromatic N) is 4. The van der Waals surface area contributed by atoms with E-state index >= 15 is 0 Å². The lowest BCUT2D eigenvalue weighted by Crippen LogP contribution is -2.28. The van der Waals surface area contributed by atoms with E-state index in [1.54, 1.807) is 4.68 Å². The molecular weight excluding hydrogens is 322 g/mol. The lowest BCUT2D eigenvalue weighted by molar-refractivity contribution is 0.324. The van der Waals surface area contributed by atoms with Crippen LogP contribution in [0.15, 0.2) is 48.5 Å². The average molecular weight is 344 g/mol. The van der Waals surface area contributed by atoms with Crippen molar-refractivity contribution in [1.29, 1.82) is 0 Å². The Hall–Kier alpha value is -1.95. The molecule has 2 atom stereocenters. The van der Waals surface area contributed by atoms with E-state index in [9.17, 15) is 0 Å². The molecule has 0 radical (unpaired) electrons. The van der Waals surface area contributed by atoms with E-state index in [1.807, 2.05) is 7.05 Å².